The molecule has 1 heterocycles. The van der Waals surface area contributed by atoms with Crippen LogP contribution < -0.4 is 21.3 Å². The molecular formula is C15H19N5O. The highest BCUT2D eigenvalue weighted by atomic mass is 16.5. The Labute approximate surface area is 123 Å². The van der Waals surface area contributed by atoms with Crippen molar-refractivity contribution in [3.05, 3.63) is 41.7 Å². The smallest absolute Gasteiger partial charge is 0.145 e. The fraction of sp³-hybridized carbons (Fsp3) is 0.333. The lowest BCUT2D eigenvalue weighted by Gasteiger charge is -2.10. The van der Waals surface area contributed by atoms with Gasteiger partial charge >= 0.3 is 0 Å². The number of benzene rings is 1. The summed E-state index contributed by atoms with van der Waals surface area (Å²) in [5.74, 6) is 9.10. The molecule has 0 unspecified atom stereocenters. The molecule has 21 heavy (non-hydrogen) atoms. The number of rotatable bonds is 6. The molecule has 0 saturated heterocycles. The number of methoxy groups -OCH3 is 1. The molecule has 1 aliphatic carbocycles. The summed E-state index contributed by atoms with van der Waals surface area (Å²) in [6, 6.07) is 9.75. The van der Waals surface area contributed by atoms with Gasteiger partial charge in [-0.1, -0.05) is 12.1 Å². The van der Waals surface area contributed by atoms with E-state index in [1.165, 1.54) is 0 Å². The third kappa shape index (κ3) is 3.41. The summed E-state index contributed by atoms with van der Waals surface area (Å²) in [5.41, 5.74) is 3.75. The van der Waals surface area contributed by atoms with Crippen molar-refractivity contribution in [2.24, 2.45) is 5.84 Å². The molecule has 1 saturated carbocycles. The molecule has 0 aliphatic heterocycles. The largest absolute Gasteiger partial charge is 0.497 e. The first-order valence-corrected chi connectivity index (χ1v) is 7.01. The standard InChI is InChI=1S/C15H19N5O/c1-21-12-6-2-10(3-7-12)9-17-13-8-14(20-16)19-15(18-13)11-4-5-11/h2-3,6-8,11H,4-5,9,16H2,1H3,(H2,17,18,19,20). The van der Waals surface area contributed by atoms with E-state index in [-0.39, 0.29) is 0 Å². The SMILES string of the molecule is COc1ccc(CNc2cc(NN)nc(C3CC3)n2)cc1. The zero-order valence-electron chi connectivity index (χ0n) is 12.0. The predicted molar refractivity (Wildman–Crippen MR) is 82.1 cm³/mol. The van der Waals surface area contributed by atoms with Gasteiger partial charge in [0.25, 0.3) is 0 Å². The van der Waals surface area contributed by atoms with Gasteiger partial charge in [-0.25, -0.2) is 15.8 Å². The molecule has 0 radical (unpaired) electrons. The molecule has 1 aromatic carbocycles. The van der Waals surface area contributed by atoms with Crippen molar-refractivity contribution < 1.29 is 4.74 Å². The van der Waals surface area contributed by atoms with E-state index >= 15 is 0 Å². The molecule has 4 N–H and O–H groups in total. The summed E-state index contributed by atoms with van der Waals surface area (Å²) in [7, 11) is 1.66. The number of nitrogens with two attached hydrogens (primary N) is 1. The Balaban J connectivity index is 1.69. The molecule has 6 heteroatoms. The van der Waals surface area contributed by atoms with Crippen LogP contribution in [0.1, 0.15) is 30.1 Å². The van der Waals surface area contributed by atoms with Crippen LogP contribution >= 0.6 is 0 Å². The minimum absolute atomic E-state index is 0.486. The molecule has 0 amide bonds. The van der Waals surface area contributed by atoms with Gasteiger partial charge in [0.15, 0.2) is 0 Å². The Morgan fingerprint density at radius 1 is 1.19 bits per heavy atom. The zero-order chi connectivity index (χ0) is 14.7. The Hall–Kier alpha value is -2.34. The average Bonchev–Trinajstić information content (AvgIpc) is 3.38. The van der Waals surface area contributed by atoms with Gasteiger partial charge in [-0.15, -0.1) is 0 Å². The fourth-order valence-corrected chi connectivity index (χ4v) is 2.09. The minimum atomic E-state index is 0.486. The van der Waals surface area contributed by atoms with Crippen LogP contribution in [0.5, 0.6) is 5.75 Å². The number of nitrogens with zero attached hydrogens (tertiary/aromatic N) is 2. The van der Waals surface area contributed by atoms with Gasteiger partial charge in [-0.3, -0.25) is 0 Å². The lowest BCUT2D eigenvalue weighted by molar-refractivity contribution is 0.414. The van der Waals surface area contributed by atoms with Crippen LogP contribution in [0.25, 0.3) is 0 Å². The zero-order valence-corrected chi connectivity index (χ0v) is 12.0. The average molecular weight is 285 g/mol. The summed E-state index contributed by atoms with van der Waals surface area (Å²) < 4.78 is 5.15. The van der Waals surface area contributed by atoms with Crippen LogP contribution in [-0.2, 0) is 6.54 Å². The van der Waals surface area contributed by atoms with E-state index in [0.29, 0.717) is 18.3 Å². The van der Waals surface area contributed by atoms with Crippen LogP contribution in [0.3, 0.4) is 0 Å². The summed E-state index contributed by atoms with van der Waals surface area (Å²) >= 11 is 0. The molecular weight excluding hydrogens is 266 g/mol. The van der Waals surface area contributed by atoms with Crippen molar-refractivity contribution in [3.8, 4) is 5.75 Å². The molecule has 1 aromatic heterocycles. The van der Waals surface area contributed by atoms with Crippen molar-refractivity contribution in [2.45, 2.75) is 25.3 Å². The Morgan fingerprint density at radius 3 is 2.52 bits per heavy atom. The van der Waals surface area contributed by atoms with Gasteiger partial charge in [0.2, 0.25) is 0 Å². The van der Waals surface area contributed by atoms with E-state index < -0.39 is 0 Å². The first kappa shape index (κ1) is 13.6. The maximum absolute atomic E-state index is 5.47. The quantitative estimate of drug-likeness (QED) is 0.557. The number of aromatic nitrogens is 2. The van der Waals surface area contributed by atoms with Crippen molar-refractivity contribution in [1.82, 2.24) is 9.97 Å². The molecule has 0 spiro atoms. The van der Waals surface area contributed by atoms with E-state index in [0.717, 1.165) is 35.8 Å². The lowest BCUT2D eigenvalue weighted by atomic mass is 10.2. The van der Waals surface area contributed by atoms with Gasteiger partial charge < -0.3 is 15.5 Å². The van der Waals surface area contributed by atoms with Gasteiger partial charge in [-0.05, 0) is 30.5 Å². The molecule has 3 rings (SSSR count). The summed E-state index contributed by atoms with van der Waals surface area (Å²) in [5, 5.41) is 3.31. The lowest BCUT2D eigenvalue weighted by Crippen LogP contribution is -2.12. The van der Waals surface area contributed by atoms with E-state index in [4.69, 9.17) is 10.6 Å². The van der Waals surface area contributed by atoms with Crippen molar-refractivity contribution in [3.63, 3.8) is 0 Å². The summed E-state index contributed by atoms with van der Waals surface area (Å²) in [6.07, 6.45) is 2.32. The second-order valence-corrected chi connectivity index (χ2v) is 5.12. The number of hydrazine groups is 1. The molecule has 2 aromatic rings. The highest BCUT2D eigenvalue weighted by molar-refractivity contribution is 5.48. The maximum Gasteiger partial charge on any atom is 0.145 e. The van der Waals surface area contributed by atoms with Crippen molar-refractivity contribution in [2.75, 3.05) is 17.9 Å². The number of hydrogen-bond donors (Lipinski definition) is 3. The molecule has 0 atom stereocenters. The number of nitrogens with one attached hydrogen (secondary N) is 2. The molecule has 6 nitrogen and oxygen atoms in total. The maximum atomic E-state index is 5.47. The van der Waals surface area contributed by atoms with Crippen molar-refractivity contribution >= 4 is 11.6 Å². The van der Waals surface area contributed by atoms with Crippen LogP contribution in [0.4, 0.5) is 11.6 Å². The third-order valence-corrected chi connectivity index (χ3v) is 3.47. The minimum Gasteiger partial charge on any atom is -0.497 e. The number of anilines is 2. The monoisotopic (exact) mass is 285 g/mol. The Bertz CT molecular complexity index is 610. The van der Waals surface area contributed by atoms with E-state index in [9.17, 15) is 0 Å². The molecule has 1 aliphatic rings. The van der Waals surface area contributed by atoms with Crippen LogP contribution in [-0.4, -0.2) is 17.1 Å². The van der Waals surface area contributed by atoms with Gasteiger partial charge in [0, 0.05) is 18.5 Å². The third-order valence-electron chi connectivity index (χ3n) is 3.47. The normalized spacial score (nSPS) is 13.8. The van der Waals surface area contributed by atoms with E-state index in [1.54, 1.807) is 7.11 Å². The number of nitrogen functional groups attached to an aromatic ring is 1. The highest BCUT2D eigenvalue weighted by Crippen LogP contribution is 2.38. The Morgan fingerprint density at radius 2 is 1.90 bits per heavy atom. The molecule has 110 valence electrons. The number of ether oxygens (including phenoxy) is 1. The first-order valence-electron chi connectivity index (χ1n) is 7.01. The van der Waals surface area contributed by atoms with Gasteiger partial charge in [0.05, 0.1) is 7.11 Å². The predicted octanol–water partition coefficient (Wildman–Crippen LogP) is 2.26. The molecule has 1 fully saturated rings. The van der Waals surface area contributed by atoms with Crippen LogP contribution in [0.2, 0.25) is 0 Å². The second kappa shape index (κ2) is 5.97. The first-order chi connectivity index (χ1) is 10.3. The van der Waals surface area contributed by atoms with Gasteiger partial charge in [0.1, 0.15) is 23.2 Å². The topological polar surface area (TPSA) is 85.1 Å². The van der Waals surface area contributed by atoms with Crippen LogP contribution in [0, 0.1) is 0 Å². The summed E-state index contributed by atoms with van der Waals surface area (Å²) in [4.78, 5) is 8.94. The van der Waals surface area contributed by atoms with Crippen molar-refractivity contribution in [1.29, 1.82) is 0 Å². The van der Waals surface area contributed by atoms with E-state index in [1.807, 2.05) is 30.3 Å². The Kier molecular flexibility index (Phi) is 3.87. The van der Waals surface area contributed by atoms with E-state index in [2.05, 4.69) is 20.7 Å². The van der Waals surface area contributed by atoms with Crippen LogP contribution in [0.15, 0.2) is 30.3 Å². The van der Waals surface area contributed by atoms with Gasteiger partial charge in [-0.2, -0.15) is 0 Å². The highest BCUT2D eigenvalue weighted by Gasteiger charge is 2.27. The fourth-order valence-electron chi connectivity index (χ4n) is 2.09. The summed E-state index contributed by atoms with van der Waals surface area (Å²) in [6.45, 7) is 0.690. The molecule has 0 bridgehead atoms. The second-order valence-electron chi connectivity index (χ2n) is 5.12. The number of hydrogen-bond acceptors (Lipinski definition) is 6.